The molecule has 6 nitrogen and oxygen atoms in total. The van der Waals surface area contributed by atoms with Crippen LogP contribution in [0.4, 0.5) is 5.69 Å². The Morgan fingerprint density at radius 2 is 1.82 bits per heavy atom. The molecule has 7 heteroatoms. The molecule has 1 saturated heterocycles. The van der Waals surface area contributed by atoms with Gasteiger partial charge in [0.25, 0.3) is 11.7 Å². The Kier molecular flexibility index (Phi) is 5.15. The van der Waals surface area contributed by atoms with Crippen LogP contribution in [0.1, 0.15) is 17.4 Å². The van der Waals surface area contributed by atoms with Gasteiger partial charge in [0.2, 0.25) is 0 Å². The molecule has 0 spiro atoms. The summed E-state index contributed by atoms with van der Waals surface area (Å²) in [7, 11) is 1.49. The van der Waals surface area contributed by atoms with Gasteiger partial charge in [-0.25, -0.2) is 0 Å². The largest absolute Gasteiger partial charge is 0.507 e. The third-order valence-electron chi connectivity index (χ3n) is 5.72. The summed E-state index contributed by atoms with van der Waals surface area (Å²) in [4.78, 5) is 27.7. The highest BCUT2D eigenvalue weighted by Crippen LogP contribution is 2.44. The average Bonchev–Trinajstić information content (AvgIpc) is 3.45. The number of aliphatic hydroxyl groups is 1. The summed E-state index contributed by atoms with van der Waals surface area (Å²) in [5, 5.41) is 13.3. The van der Waals surface area contributed by atoms with E-state index in [1.807, 2.05) is 30.3 Å². The van der Waals surface area contributed by atoms with Crippen molar-refractivity contribution >= 4 is 45.5 Å². The minimum absolute atomic E-state index is 0.0572. The number of anilines is 1. The molecule has 1 N–H and O–H groups in total. The summed E-state index contributed by atoms with van der Waals surface area (Å²) in [6, 6.07) is 20.1. The Bertz CT molecular complexity index is 1420. The van der Waals surface area contributed by atoms with Crippen molar-refractivity contribution in [1.29, 1.82) is 0 Å². The lowest BCUT2D eigenvalue weighted by molar-refractivity contribution is -0.132. The zero-order valence-electron chi connectivity index (χ0n) is 17.5. The number of Topliss-reactive ketones (excluding diaryl/α,β-unsaturated/α-hetero) is 1. The van der Waals surface area contributed by atoms with Crippen molar-refractivity contribution in [2.45, 2.75) is 6.04 Å². The Labute approximate surface area is 194 Å². The van der Waals surface area contributed by atoms with Gasteiger partial charge in [-0.3, -0.25) is 14.5 Å². The lowest BCUT2D eigenvalue weighted by atomic mass is 9.96. The molecule has 1 aliphatic heterocycles. The maximum Gasteiger partial charge on any atom is 0.300 e. The fraction of sp³-hybridized carbons (Fsp3) is 0.0769. The monoisotopic (exact) mass is 459 g/mol. The molecule has 0 saturated carbocycles. The molecule has 164 valence electrons. The Hall–Kier alpha value is -4.03. The summed E-state index contributed by atoms with van der Waals surface area (Å²) in [5.41, 5.74) is 0.773. The number of fused-ring (bicyclic) bond motifs is 1. The Morgan fingerprint density at radius 3 is 2.55 bits per heavy atom. The van der Waals surface area contributed by atoms with Crippen LogP contribution < -0.4 is 9.64 Å². The normalized spacial score (nSPS) is 17.6. The summed E-state index contributed by atoms with van der Waals surface area (Å²) in [6.45, 7) is 0. The van der Waals surface area contributed by atoms with Gasteiger partial charge in [0, 0.05) is 11.3 Å². The first-order valence-electron chi connectivity index (χ1n) is 10.2. The number of rotatable bonds is 4. The lowest BCUT2D eigenvalue weighted by Gasteiger charge is -2.24. The van der Waals surface area contributed by atoms with Gasteiger partial charge in [-0.1, -0.05) is 54.1 Å². The molecule has 4 aromatic rings. The Balaban J connectivity index is 1.74. The summed E-state index contributed by atoms with van der Waals surface area (Å²) >= 11 is 6.29. The minimum Gasteiger partial charge on any atom is -0.507 e. The second-order valence-corrected chi connectivity index (χ2v) is 7.94. The van der Waals surface area contributed by atoms with Gasteiger partial charge in [0.15, 0.2) is 0 Å². The number of halogens is 1. The number of ether oxygens (including phenoxy) is 1. The van der Waals surface area contributed by atoms with Crippen LogP contribution >= 0.6 is 11.6 Å². The number of ketones is 1. The molecular weight excluding hydrogens is 442 g/mol. The van der Waals surface area contributed by atoms with E-state index in [2.05, 4.69) is 0 Å². The summed E-state index contributed by atoms with van der Waals surface area (Å²) < 4.78 is 10.8. The van der Waals surface area contributed by atoms with Crippen molar-refractivity contribution in [3.63, 3.8) is 0 Å². The predicted molar refractivity (Wildman–Crippen MR) is 125 cm³/mol. The van der Waals surface area contributed by atoms with E-state index < -0.39 is 17.7 Å². The number of hydrogen-bond acceptors (Lipinski definition) is 5. The van der Waals surface area contributed by atoms with Crippen molar-refractivity contribution < 1.29 is 23.8 Å². The summed E-state index contributed by atoms with van der Waals surface area (Å²) in [6.07, 6.45) is 1.45. The fourth-order valence-electron chi connectivity index (χ4n) is 4.20. The van der Waals surface area contributed by atoms with Crippen molar-refractivity contribution in [3.8, 4) is 5.75 Å². The van der Waals surface area contributed by atoms with Crippen LogP contribution in [0.25, 0.3) is 16.5 Å². The van der Waals surface area contributed by atoms with Crippen LogP contribution in [0.2, 0.25) is 5.02 Å². The van der Waals surface area contributed by atoms with Crippen LogP contribution in [0.3, 0.4) is 0 Å². The topological polar surface area (TPSA) is 80.0 Å². The van der Waals surface area contributed by atoms with E-state index >= 15 is 0 Å². The number of methoxy groups -OCH3 is 1. The SMILES string of the molecule is COc1ccc(N2C(=O)C(=O)/C(=C(\O)c3cccc4ccccc34)C2c2ccco2)cc1Cl. The Morgan fingerprint density at radius 1 is 1.03 bits per heavy atom. The third-order valence-corrected chi connectivity index (χ3v) is 6.01. The second-order valence-electron chi connectivity index (χ2n) is 7.53. The van der Waals surface area contributed by atoms with E-state index in [1.54, 1.807) is 42.5 Å². The van der Waals surface area contributed by atoms with Crippen LogP contribution in [-0.4, -0.2) is 23.9 Å². The molecule has 5 rings (SSSR count). The highest BCUT2D eigenvalue weighted by atomic mass is 35.5. The molecule has 1 aromatic heterocycles. The molecule has 1 unspecified atom stereocenters. The van der Waals surface area contributed by atoms with Gasteiger partial charge >= 0.3 is 0 Å². The van der Waals surface area contributed by atoms with Crippen molar-refractivity contribution in [1.82, 2.24) is 0 Å². The molecule has 1 fully saturated rings. The lowest BCUT2D eigenvalue weighted by Crippen LogP contribution is -2.29. The molecule has 2 heterocycles. The zero-order chi connectivity index (χ0) is 23.1. The maximum atomic E-state index is 13.2. The third kappa shape index (κ3) is 3.36. The van der Waals surface area contributed by atoms with Crippen LogP contribution in [0.15, 0.2) is 89.0 Å². The van der Waals surface area contributed by atoms with E-state index in [0.717, 1.165) is 10.8 Å². The van der Waals surface area contributed by atoms with Gasteiger partial charge in [-0.2, -0.15) is 0 Å². The fourth-order valence-corrected chi connectivity index (χ4v) is 4.45. The number of hydrogen-bond donors (Lipinski definition) is 1. The number of carbonyl (C=O) groups is 2. The number of nitrogens with zero attached hydrogens (tertiary/aromatic N) is 1. The predicted octanol–water partition coefficient (Wildman–Crippen LogP) is 5.72. The van der Waals surface area contributed by atoms with E-state index in [4.69, 9.17) is 20.8 Å². The highest BCUT2D eigenvalue weighted by Gasteiger charge is 2.48. The molecule has 3 aromatic carbocycles. The van der Waals surface area contributed by atoms with Gasteiger partial charge in [0.05, 0.1) is 24.0 Å². The van der Waals surface area contributed by atoms with Crippen molar-refractivity contribution in [3.05, 3.63) is 101 Å². The molecule has 0 radical (unpaired) electrons. The molecule has 33 heavy (non-hydrogen) atoms. The first-order chi connectivity index (χ1) is 16.0. The number of aliphatic hydroxyl groups excluding tert-OH is 1. The summed E-state index contributed by atoms with van der Waals surface area (Å²) in [5.74, 6) is -1.10. The maximum absolute atomic E-state index is 13.2. The molecule has 1 amide bonds. The van der Waals surface area contributed by atoms with Crippen LogP contribution in [-0.2, 0) is 9.59 Å². The molecule has 0 aliphatic carbocycles. The van der Waals surface area contributed by atoms with Crippen LogP contribution in [0, 0.1) is 0 Å². The standard InChI is InChI=1S/C26H18ClNO5/c1-32-20-12-11-16(14-19(20)27)28-23(21-10-5-13-33-21)22(25(30)26(28)31)24(29)18-9-4-7-15-6-2-3-8-17(15)18/h2-14,23,29H,1H3/b24-22-. The first kappa shape index (κ1) is 20.8. The minimum atomic E-state index is -0.969. The average molecular weight is 460 g/mol. The van der Waals surface area contributed by atoms with Gasteiger partial charge in [-0.15, -0.1) is 0 Å². The zero-order valence-corrected chi connectivity index (χ0v) is 18.2. The number of carbonyl (C=O) groups excluding carboxylic acids is 2. The molecular formula is C26H18ClNO5. The highest BCUT2D eigenvalue weighted by molar-refractivity contribution is 6.52. The van der Waals surface area contributed by atoms with E-state index in [1.165, 1.54) is 18.3 Å². The van der Waals surface area contributed by atoms with Crippen molar-refractivity contribution in [2.24, 2.45) is 0 Å². The molecule has 1 aliphatic rings. The van der Waals surface area contributed by atoms with Crippen LogP contribution in [0.5, 0.6) is 5.75 Å². The smallest absolute Gasteiger partial charge is 0.300 e. The van der Waals surface area contributed by atoms with Gasteiger partial charge < -0.3 is 14.3 Å². The quantitative estimate of drug-likeness (QED) is 0.240. The first-order valence-corrected chi connectivity index (χ1v) is 10.5. The van der Waals surface area contributed by atoms with E-state index in [-0.39, 0.29) is 16.4 Å². The van der Waals surface area contributed by atoms with E-state index in [0.29, 0.717) is 22.8 Å². The number of benzene rings is 3. The van der Waals surface area contributed by atoms with Crippen molar-refractivity contribution in [2.75, 3.05) is 12.0 Å². The second kappa shape index (κ2) is 8.15. The van der Waals surface area contributed by atoms with Gasteiger partial charge in [0.1, 0.15) is 23.3 Å². The number of furan rings is 1. The van der Waals surface area contributed by atoms with Gasteiger partial charge in [-0.05, 0) is 41.1 Å². The van der Waals surface area contributed by atoms with E-state index in [9.17, 15) is 14.7 Å². The molecule has 1 atom stereocenters. The molecule has 0 bridgehead atoms. The number of amides is 1.